The number of nitrogen functional groups attached to an aromatic ring is 1. The monoisotopic (exact) mass is 602 g/mol. The molecular weight excluding hydrogens is 567 g/mol. The summed E-state index contributed by atoms with van der Waals surface area (Å²) in [6, 6.07) is 6.17. The van der Waals surface area contributed by atoms with Gasteiger partial charge in [-0.25, -0.2) is 9.36 Å². The lowest BCUT2D eigenvalue weighted by Crippen LogP contribution is -2.46. The average Bonchev–Trinajstić information content (AvgIpc) is 3.12. The van der Waals surface area contributed by atoms with Gasteiger partial charge in [-0.1, -0.05) is 38.3 Å². The highest BCUT2D eigenvalue weighted by Gasteiger charge is 2.54. The lowest BCUT2D eigenvalue weighted by atomic mass is 9.96. The molecule has 40 heavy (non-hydrogen) atoms. The Hall–Kier alpha value is -2.51. The van der Waals surface area contributed by atoms with E-state index in [1.54, 1.807) is 0 Å². The molecule has 13 nitrogen and oxygen atoms in total. The third-order valence-corrected chi connectivity index (χ3v) is 8.52. The van der Waals surface area contributed by atoms with E-state index in [9.17, 15) is 24.4 Å². The van der Waals surface area contributed by atoms with Crippen molar-refractivity contribution in [1.29, 1.82) is 0 Å². The highest BCUT2D eigenvalue weighted by molar-refractivity contribution is 7.52. The van der Waals surface area contributed by atoms with Gasteiger partial charge in [0.25, 0.3) is 0 Å². The maximum atomic E-state index is 13.8. The number of benzene rings is 1. The van der Waals surface area contributed by atoms with Crippen molar-refractivity contribution >= 4 is 31.1 Å². The van der Waals surface area contributed by atoms with Gasteiger partial charge >= 0.3 is 19.4 Å². The summed E-state index contributed by atoms with van der Waals surface area (Å²) in [4.78, 5) is 28.6. The van der Waals surface area contributed by atoms with Gasteiger partial charge in [-0.2, -0.15) is 10.1 Å². The minimum absolute atomic E-state index is 0.0294. The minimum Gasteiger partial charge on any atom is -0.464 e. The van der Waals surface area contributed by atoms with Crippen LogP contribution in [0, 0.1) is 5.92 Å². The number of carbonyl (C=O) groups is 1. The van der Waals surface area contributed by atoms with Gasteiger partial charge in [-0.3, -0.25) is 13.9 Å². The largest absolute Gasteiger partial charge is 0.464 e. The van der Waals surface area contributed by atoms with Crippen LogP contribution in [0.3, 0.4) is 0 Å². The molecule has 2 aromatic rings. The number of hydrogen-bond acceptors (Lipinski definition) is 11. The molecule has 15 heteroatoms. The molecule has 1 saturated heterocycles. The van der Waals surface area contributed by atoms with Crippen LogP contribution in [0.2, 0.25) is 5.02 Å². The molecule has 0 saturated carbocycles. The summed E-state index contributed by atoms with van der Waals surface area (Å²) in [5, 5.41) is 24.7. The zero-order valence-corrected chi connectivity index (χ0v) is 24.4. The van der Waals surface area contributed by atoms with E-state index in [4.69, 9.17) is 35.9 Å². The summed E-state index contributed by atoms with van der Waals surface area (Å²) in [7, 11) is -4.32. The molecule has 6 atom stereocenters. The Morgan fingerprint density at radius 2 is 1.95 bits per heavy atom. The molecular formula is C25H36ClN4O9P. The fourth-order valence-electron chi connectivity index (χ4n) is 4.02. The van der Waals surface area contributed by atoms with E-state index in [-0.39, 0.29) is 24.1 Å². The second-order valence-corrected chi connectivity index (χ2v) is 11.9. The fourth-order valence-corrected chi connectivity index (χ4v) is 5.65. The van der Waals surface area contributed by atoms with Gasteiger partial charge in [0, 0.05) is 11.2 Å². The molecule has 2 heterocycles. The zero-order chi connectivity index (χ0) is 29.7. The molecule has 1 unspecified atom stereocenters. The number of rotatable bonds is 13. The molecule has 1 fully saturated rings. The second-order valence-electron chi connectivity index (χ2n) is 9.74. The van der Waals surface area contributed by atoms with E-state index in [0.717, 1.165) is 17.4 Å². The molecule has 1 aliphatic rings. The Morgan fingerprint density at radius 3 is 2.55 bits per heavy atom. The van der Waals surface area contributed by atoms with Gasteiger partial charge in [0.05, 0.1) is 13.2 Å². The normalized spacial score (nSPS) is 24.9. The van der Waals surface area contributed by atoms with Crippen molar-refractivity contribution in [3.8, 4) is 5.75 Å². The predicted molar refractivity (Wildman–Crippen MR) is 147 cm³/mol. The number of ether oxygens (including phenoxy) is 2. The molecule has 3 rings (SSSR count). The summed E-state index contributed by atoms with van der Waals surface area (Å²) >= 11 is 5.93. The summed E-state index contributed by atoms with van der Waals surface area (Å²) in [5.74, 6) is -0.380. The van der Waals surface area contributed by atoms with Crippen LogP contribution in [-0.2, 0) is 23.4 Å². The SMILES string of the molecule is CCC(CC)COC(=O)[C@H](C)NP(=O)(OC[C@H]1O[C@@H](n2ccc(N)nc2=O)[C@](C)(O)[C@@H]1O)Oc1ccc(Cl)cc1. The topological polar surface area (TPSA) is 184 Å². The van der Waals surface area contributed by atoms with Crippen LogP contribution in [0.5, 0.6) is 5.75 Å². The maximum absolute atomic E-state index is 13.8. The minimum atomic E-state index is -4.32. The third-order valence-electron chi connectivity index (χ3n) is 6.63. The van der Waals surface area contributed by atoms with Crippen molar-refractivity contribution in [2.45, 2.75) is 70.6 Å². The van der Waals surface area contributed by atoms with Gasteiger partial charge in [-0.15, -0.1) is 0 Å². The first kappa shape index (κ1) is 32.0. The van der Waals surface area contributed by atoms with Gasteiger partial charge < -0.3 is 29.9 Å². The summed E-state index contributed by atoms with van der Waals surface area (Å²) in [5.41, 5.74) is 2.77. The molecule has 1 aromatic heterocycles. The first-order chi connectivity index (χ1) is 18.8. The Bertz CT molecular complexity index is 1260. The fraction of sp³-hybridized carbons (Fsp3) is 0.560. The number of nitrogens with zero attached hydrogens (tertiary/aromatic N) is 2. The first-order valence-electron chi connectivity index (χ1n) is 12.8. The lowest BCUT2D eigenvalue weighted by molar-refractivity contribution is -0.146. The average molecular weight is 603 g/mol. The number of nitrogens with two attached hydrogens (primary N) is 1. The number of aliphatic hydroxyl groups excluding tert-OH is 1. The molecule has 5 N–H and O–H groups in total. The molecule has 222 valence electrons. The number of carbonyl (C=O) groups excluding carboxylic acids is 1. The second kappa shape index (κ2) is 13.4. The molecule has 0 aliphatic carbocycles. The highest BCUT2D eigenvalue weighted by Crippen LogP contribution is 2.47. The van der Waals surface area contributed by atoms with Gasteiger partial charge in [0.2, 0.25) is 0 Å². The predicted octanol–water partition coefficient (Wildman–Crippen LogP) is 2.65. The molecule has 1 aromatic carbocycles. The van der Waals surface area contributed by atoms with Crippen molar-refractivity contribution in [3.63, 3.8) is 0 Å². The van der Waals surface area contributed by atoms with Gasteiger partial charge in [-0.05, 0) is 50.1 Å². The summed E-state index contributed by atoms with van der Waals surface area (Å²) in [6.45, 7) is 6.35. The van der Waals surface area contributed by atoms with Crippen LogP contribution in [-0.4, -0.2) is 62.8 Å². The smallest absolute Gasteiger partial charge is 0.459 e. The van der Waals surface area contributed by atoms with Crippen molar-refractivity contribution < 1.29 is 38.1 Å². The molecule has 0 bridgehead atoms. The number of esters is 1. The summed E-state index contributed by atoms with van der Waals surface area (Å²) in [6.07, 6.45) is -1.26. The first-order valence-corrected chi connectivity index (χ1v) is 14.8. The quantitative estimate of drug-likeness (QED) is 0.194. The highest BCUT2D eigenvalue weighted by atomic mass is 35.5. The molecule has 0 amide bonds. The van der Waals surface area contributed by atoms with Crippen LogP contribution >= 0.6 is 19.3 Å². The molecule has 1 aliphatic heterocycles. The van der Waals surface area contributed by atoms with Crippen LogP contribution in [0.4, 0.5) is 5.82 Å². The molecule has 0 spiro atoms. The maximum Gasteiger partial charge on any atom is 0.459 e. The van der Waals surface area contributed by atoms with Crippen molar-refractivity contribution in [3.05, 3.63) is 52.0 Å². The Labute approximate surface area is 237 Å². The third kappa shape index (κ3) is 7.82. The number of hydrogen-bond donors (Lipinski definition) is 4. The van der Waals surface area contributed by atoms with Crippen LogP contribution in [0.15, 0.2) is 41.3 Å². The molecule has 0 radical (unpaired) electrons. The Morgan fingerprint density at radius 1 is 1.30 bits per heavy atom. The lowest BCUT2D eigenvalue weighted by Gasteiger charge is -2.27. The number of nitrogens with one attached hydrogen (secondary N) is 1. The van der Waals surface area contributed by atoms with Crippen molar-refractivity contribution in [2.24, 2.45) is 5.92 Å². The number of aromatic nitrogens is 2. The van der Waals surface area contributed by atoms with Crippen molar-refractivity contribution in [2.75, 3.05) is 18.9 Å². The van der Waals surface area contributed by atoms with E-state index in [2.05, 4.69) is 10.1 Å². The van der Waals surface area contributed by atoms with E-state index in [1.165, 1.54) is 50.4 Å². The number of anilines is 1. The summed E-state index contributed by atoms with van der Waals surface area (Å²) < 4.78 is 37.1. The van der Waals surface area contributed by atoms with Crippen molar-refractivity contribution in [1.82, 2.24) is 14.6 Å². The number of halogens is 1. The van der Waals surface area contributed by atoms with E-state index >= 15 is 0 Å². The van der Waals surface area contributed by atoms with Gasteiger partial charge in [0.1, 0.15) is 35.4 Å². The Kier molecular flexibility index (Phi) is 10.8. The Balaban J connectivity index is 1.77. The van der Waals surface area contributed by atoms with Crippen LogP contribution in [0.25, 0.3) is 0 Å². The zero-order valence-electron chi connectivity index (χ0n) is 22.7. The van der Waals surface area contributed by atoms with E-state index in [0.29, 0.717) is 5.02 Å². The van der Waals surface area contributed by atoms with Gasteiger partial charge in [0.15, 0.2) is 6.23 Å². The van der Waals surface area contributed by atoms with E-state index < -0.39 is 56.1 Å². The standard InChI is InChI=1S/C25H36ClN4O9P/c1-5-16(6-2)13-36-22(32)15(3)29-40(35,39-18-9-7-17(26)8-10-18)37-14-19-21(31)25(4,34)23(38-19)30-12-11-20(27)28-24(30)33/h7-12,15-16,19,21,23,31,34H,5-6,13-14H2,1-4H3,(H,29,35)(H2,27,28,33)/t15-,19+,21+,23+,25+,40?/m0/s1. The van der Waals surface area contributed by atoms with E-state index in [1.807, 2.05) is 13.8 Å². The van der Waals surface area contributed by atoms with Crippen LogP contribution in [0.1, 0.15) is 46.8 Å². The van der Waals surface area contributed by atoms with Crippen LogP contribution < -0.4 is 21.0 Å². The number of aliphatic hydroxyl groups is 2.